The van der Waals surface area contributed by atoms with Crippen LogP contribution in [0.5, 0.6) is 0 Å². The average Bonchev–Trinajstić information content (AvgIpc) is 3.27. The normalized spacial score (nSPS) is 30.5. The molecule has 2 N–H and O–H groups in total. The van der Waals surface area contributed by atoms with Crippen molar-refractivity contribution in [3.8, 4) is 0 Å². The lowest BCUT2D eigenvalue weighted by Gasteiger charge is -2.42. The van der Waals surface area contributed by atoms with Gasteiger partial charge < -0.3 is 20.0 Å². The summed E-state index contributed by atoms with van der Waals surface area (Å²) >= 11 is 0. The van der Waals surface area contributed by atoms with Crippen LogP contribution in [0.4, 0.5) is 18.9 Å². The number of amides is 2. The highest BCUT2D eigenvalue weighted by Crippen LogP contribution is 2.49. The smallest absolute Gasteiger partial charge is 0.388 e. The highest BCUT2D eigenvalue weighted by atomic mass is 19.4. The lowest BCUT2D eigenvalue weighted by molar-refractivity contribution is -0.206. The van der Waals surface area contributed by atoms with Gasteiger partial charge in [0.05, 0.1) is 11.0 Å². The van der Waals surface area contributed by atoms with Gasteiger partial charge in [0.25, 0.3) is 0 Å². The van der Waals surface area contributed by atoms with E-state index in [2.05, 4.69) is 0 Å². The number of nitrogens with zero attached hydrogens (tertiary/aromatic N) is 2. The fraction of sp³-hybridized carbons (Fsp3) is 0.636. The number of halogens is 3. The van der Waals surface area contributed by atoms with Crippen molar-refractivity contribution in [1.82, 2.24) is 4.90 Å². The molecule has 1 atom stereocenters. The molecule has 2 amide bonds. The number of alkyl halides is 3. The van der Waals surface area contributed by atoms with Crippen LogP contribution in [0.3, 0.4) is 0 Å². The van der Waals surface area contributed by atoms with Gasteiger partial charge in [-0.15, -0.1) is 0 Å². The van der Waals surface area contributed by atoms with Crippen molar-refractivity contribution in [2.45, 2.75) is 62.8 Å². The van der Waals surface area contributed by atoms with Gasteiger partial charge in [0.15, 0.2) is 6.10 Å². The van der Waals surface area contributed by atoms with Gasteiger partial charge in [0, 0.05) is 31.7 Å². The summed E-state index contributed by atoms with van der Waals surface area (Å²) < 4.78 is 38.1. The SMILES string of the molecule is O=C1CCCN1C[C@]1(O)CC[C@]2(CCN(c3ccc([C@@H](O)C(F)(F)F)cc3)C2=O)CC1. The number of carbonyl (C=O) groups is 2. The standard InChI is InChI=1S/C22H27F3N2O4/c23-22(24,25)18(29)15-3-5-16(6-4-15)27-13-11-20(19(27)30)7-9-21(31,10-8-20)14-26-12-1-2-17(26)28/h3-6,18,29,31H,1-2,7-14H2/t18-,20-,21+/m1/s1. The molecule has 3 fully saturated rings. The first-order chi connectivity index (χ1) is 14.5. The monoisotopic (exact) mass is 440 g/mol. The molecule has 1 spiro atoms. The number of aliphatic hydroxyl groups is 2. The van der Waals surface area contributed by atoms with E-state index in [9.17, 15) is 33.0 Å². The van der Waals surface area contributed by atoms with E-state index in [1.54, 1.807) is 9.80 Å². The molecule has 4 rings (SSSR count). The number of likely N-dealkylation sites (tertiary alicyclic amines) is 1. The molecular weight excluding hydrogens is 413 g/mol. The molecule has 1 saturated carbocycles. The van der Waals surface area contributed by atoms with Crippen molar-refractivity contribution in [3.63, 3.8) is 0 Å². The third kappa shape index (κ3) is 4.17. The Morgan fingerprint density at radius 2 is 1.65 bits per heavy atom. The molecule has 2 heterocycles. The fourth-order valence-corrected chi connectivity index (χ4v) is 5.13. The third-order valence-corrected chi connectivity index (χ3v) is 7.14. The molecule has 0 radical (unpaired) electrons. The molecule has 2 saturated heterocycles. The first-order valence-electron chi connectivity index (χ1n) is 10.7. The molecule has 31 heavy (non-hydrogen) atoms. The van der Waals surface area contributed by atoms with E-state index in [0.717, 1.165) is 6.42 Å². The van der Waals surface area contributed by atoms with Crippen molar-refractivity contribution in [2.75, 3.05) is 24.5 Å². The third-order valence-electron chi connectivity index (χ3n) is 7.14. The molecule has 0 bridgehead atoms. The first-order valence-corrected chi connectivity index (χ1v) is 10.7. The fourth-order valence-electron chi connectivity index (χ4n) is 5.13. The van der Waals surface area contributed by atoms with E-state index in [4.69, 9.17) is 0 Å². The minimum absolute atomic E-state index is 0.0657. The van der Waals surface area contributed by atoms with Crippen molar-refractivity contribution in [2.24, 2.45) is 5.41 Å². The number of hydrogen-bond acceptors (Lipinski definition) is 4. The molecule has 1 aromatic rings. The van der Waals surface area contributed by atoms with Crippen LogP contribution >= 0.6 is 0 Å². The maximum Gasteiger partial charge on any atom is 0.418 e. The average molecular weight is 440 g/mol. The zero-order valence-electron chi connectivity index (χ0n) is 17.2. The molecule has 0 unspecified atom stereocenters. The summed E-state index contributed by atoms with van der Waals surface area (Å²) in [5, 5.41) is 20.4. The predicted molar refractivity (Wildman–Crippen MR) is 106 cm³/mol. The Morgan fingerprint density at radius 1 is 1.00 bits per heavy atom. The Balaban J connectivity index is 1.41. The Bertz CT molecular complexity index is 847. The van der Waals surface area contributed by atoms with Gasteiger partial charge in [0.1, 0.15) is 0 Å². The minimum Gasteiger partial charge on any atom is -0.388 e. The quantitative estimate of drug-likeness (QED) is 0.755. The van der Waals surface area contributed by atoms with Crippen molar-refractivity contribution in [1.29, 1.82) is 0 Å². The first kappa shape index (κ1) is 22.1. The van der Waals surface area contributed by atoms with Crippen molar-refractivity contribution < 1.29 is 33.0 Å². The molecule has 1 aromatic carbocycles. The van der Waals surface area contributed by atoms with Gasteiger partial charge in [-0.2, -0.15) is 13.2 Å². The second-order valence-electron chi connectivity index (χ2n) is 9.17. The van der Waals surface area contributed by atoms with Crippen LogP contribution < -0.4 is 4.90 Å². The maximum atomic E-state index is 13.2. The Morgan fingerprint density at radius 3 is 2.19 bits per heavy atom. The number of anilines is 1. The van der Waals surface area contributed by atoms with E-state index in [1.807, 2.05) is 0 Å². The summed E-state index contributed by atoms with van der Waals surface area (Å²) in [5.41, 5.74) is -1.32. The summed E-state index contributed by atoms with van der Waals surface area (Å²) in [6.45, 7) is 1.43. The van der Waals surface area contributed by atoms with Crippen molar-refractivity contribution >= 4 is 17.5 Å². The van der Waals surface area contributed by atoms with Crippen molar-refractivity contribution in [3.05, 3.63) is 29.8 Å². The van der Waals surface area contributed by atoms with Gasteiger partial charge in [-0.25, -0.2) is 0 Å². The molecular formula is C22H27F3N2O4. The second kappa shape index (κ2) is 7.78. The van der Waals surface area contributed by atoms with Crippen LogP contribution in [-0.4, -0.2) is 58.3 Å². The molecule has 170 valence electrons. The minimum atomic E-state index is -4.74. The van der Waals surface area contributed by atoms with E-state index in [1.165, 1.54) is 24.3 Å². The zero-order chi connectivity index (χ0) is 22.4. The summed E-state index contributed by atoms with van der Waals surface area (Å²) in [4.78, 5) is 28.4. The lowest BCUT2D eigenvalue weighted by Crippen LogP contribution is -2.49. The number of hydrogen-bond donors (Lipinski definition) is 2. The van der Waals surface area contributed by atoms with Gasteiger partial charge >= 0.3 is 6.18 Å². The molecule has 0 aromatic heterocycles. The van der Waals surface area contributed by atoms with Gasteiger partial charge in [-0.1, -0.05) is 12.1 Å². The largest absolute Gasteiger partial charge is 0.418 e. The van der Waals surface area contributed by atoms with Crippen LogP contribution in [0.25, 0.3) is 0 Å². The van der Waals surface area contributed by atoms with Crippen LogP contribution in [0.15, 0.2) is 24.3 Å². The molecule has 2 aliphatic heterocycles. The zero-order valence-corrected chi connectivity index (χ0v) is 17.2. The molecule has 9 heteroatoms. The van der Waals surface area contributed by atoms with E-state index < -0.39 is 23.3 Å². The Labute approximate surface area is 178 Å². The number of β-amino-alcohol motifs (C(OH)–C–C–N with tert-alkyl or cyclic N) is 1. The second-order valence-corrected chi connectivity index (χ2v) is 9.17. The molecule has 6 nitrogen and oxygen atoms in total. The Kier molecular flexibility index (Phi) is 5.54. The topological polar surface area (TPSA) is 81.1 Å². The number of benzene rings is 1. The van der Waals surface area contributed by atoms with Crippen LogP contribution in [0.2, 0.25) is 0 Å². The predicted octanol–water partition coefficient (Wildman–Crippen LogP) is 2.93. The summed E-state index contributed by atoms with van der Waals surface area (Å²) in [7, 11) is 0. The summed E-state index contributed by atoms with van der Waals surface area (Å²) in [5.74, 6) is -0.00756. The number of rotatable bonds is 4. The molecule has 3 aliphatic rings. The van der Waals surface area contributed by atoms with E-state index in [-0.39, 0.29) is 17.4 Å². The van der Waals surface area contributed by atoms with Crippen LogP contribution in [0.1, 0.15) is 56.6 Å². The number of aliphatic hydroxyl groups excluding tert-OH is 1. The summed E-state index contributed by atoms with van der Waals surface area (Å²) in [6.07, 6.45) is -3.43. The van der Waals surface area contributed by atoms with Crippen LogP contribution in [-0.2, 0) is 9.59 Å². The van der Waals surface area contributed by atoms with E-state index >= 15 is 0 Å². The highest BCUT2D eigenvalue weighted by Gasteiger charge is 2.52. The lowest BCUT2D eigenvalue weighted by atomic mass is 9.67. The summed E-state index contributed by atoms with van der Waals surface area (Å²) in [6, 6.07) is 5.25. The van der Waals surface area contributed by atoms with Gasteiger partial charge in [-0.05, 0) is 56.2 Å². The van der Waals surface area contributed by atoms with Crippen LogP contribution in [0, 0.1) is 5.41 Å². The maximum absolute atomic E-state index is 13.2. The van der Waals surface area contributed by atoms with E-state index in [0.29, 0.717) is 63.8 Å². The Hall–Kier alpha value is -2.13. The van der Waals surface area contributed by atoms with Gasteiger partial charge in [-0.3, -0.25) is 9.59 Å². The van der Waals surface area contributed by atoms with Gasteiger partial charge in [0.2, 0.25) is 11.8 Å². The molecule has 1 aliphatic carbocycles. The highest BCUT2D eigenvalue weighted by molar-refractivity contribution is 6.00. The number of carbonyl (C=O) groups excluding carboxylic acids is 2.